The fourth-order valence-corrected chi connectivity index (χ4v) is 6.26. The van der Waals surface area contributed by atoms with Crippen LogP contribution in [-0.4, -0.2) is 57.7 Å². The van der Waals surface area contributed by atoms with Gasteiger partial charge in [0.2, 0.25) is 0 Å². The van der Waals surface area contributed by atoms with E-state index in [1.807, 2.05) is 5.92 Å². The Balaban J connectivity index is 1.83. The van der Waals surface area contributed by atoms with E-state index in [2.05, 4.69) is 18.1 Å². The number of hydrogen-bond donors (Lipinski definition) is 6. The number of nitrogen functional groups attached to an aromatic ring is 1. The maximum atomic E-state index is 15.0. The Morgan fingerprint density at radius 1 is 1.26 bits per heavy atom. The molecule has 3 rings (SSSR count). The molecule has 1 aromatic rings. The highest BCUT2D eigenvalue weighted by Gasteiger charge is 2.90. The summed E-state index contributed by atoms with van der Waals surface area (Å²) < 4.78 is 66.2. The van der Waals surface area contributed by atoms with Crippen LogP contribution < -0.4 is 11.4 Å². The van der Waals surface area contributed by atoms with Gasteiger partial charge in [-0.05, 0) is 6.07 Å². The average Bonchev–Trinajstić information content (AvgIpc) is 2.95. The smallest absolute Gasteiger partial charge is 0.383 e. The SMILES string of the molecule is C#C[C@]12O[C@@H](n3ccc(N)nc3=O)[C@H](F)[C@@]1(O)C2OP(=O)(O)OP(=O)(O)OP(=O)(O)O. The molecule has 1 saturated heterocycles. The van der Waals surface area contributed by atoms with Crippen LogP contribution >= 0.6 is 23.5 Å². The summed E-state index contributed by atoms with van der Waals surface area (Å²) in [6.07, 6.45) is -0.363. The summed E-state index contributed by atoms with van der Waals surface area (Å²) in [7, 11) is -17.3. The van der Waals surface area contributed by atoms with E-state index in [0.717, 1.165) is 12.3 Å². The number of ether oxygens (including phenoxy) is 1. The van der Waals surface area contributed by atoms with Crippen LogP contribution in [0.3, 0.4) is 0 Å². The summed E-state index contributed by atoms with van der Waals surface area (Å²) in [4.78, 5) is 51.0. The van der Waals surface area contributed by atoms with Gasteiger partial charge in [0.15, 0.2) is 23.6 Å². The van der Waals surface area contributed by atoms with Crippen LogP contribution in [0, 0.1) is 12.3 Å². The van der Waals surface area contributed by atoms with E-state index in [9.17, 15) is 32.9 Å². The van der Waals surface area contributed by atoms with Gasteiger partial charge in [-0.2, -0.15) is 13.6 Å². The van der Waals surface area contributed by atoms with E-state index in [0.29, 0.717) is 4.57 Å². The lowest BCUT2D eigenvalue weighted by Crippen LogP contribution is -2.38. The lowest BCUT2D eigenvalue weighted by Gasteiger charge is -2.23. The molecular formula is C11H13FN3O13P3. The van der Waals surface area contributed by atoms with Crippen LogP contribution in [0.1, 0.15) is 6.23 Å². The van der Waals surface area contributed by atoms with Crippen molar-refractivity contribution in [3.05, 3.63) is 22.7 Å². The van der Waals surface area contributed by atoms with Crippen molar-refractivity contribution in [2.45, 2.75) is 29.7 Å². The monoisotopic (exact) mass is 507 g/mol. The Bertz CT molecular complexity index is 1160. The summed E-state index contributed by atoms with van der Waals surface area (Å²) in [5.41, 5.74) is -1.05. The van der Waals surface area contributed by atoms with Crippen LogP contribution in [0.2, 0.25) is 0 Å². The summed E-state index contributed by atoms with van der Waals surface area (Å²) in [6, 6.07) is 1.11. The van der Waals surface area contributed by atoms with Crippen LogP contribution in [0.5, 0.6) is 0 Å². The second-order valence-electron chi connectivity index (χ2n) is 6.23. The minimum Gasteiger partial charge on any atom is -0.383 e. The van der Waals surface area contributed by atoms with Crippen LogP contribution in [0.4, 0.5) is 10.2 Å². The van der Waals surface area contributed by atoms with Gasteiger partial charge in [-0.3, -0.25) is 9.09 Å². The van der Waals surface area contributed by atoms with E-state index >= 15 is 0 Å². The van der Waals surface area contributed by atoms with Gasteiger partial charge in [-0.25, -0.2) is 22.9 Å². The van der Waals surface area contributed by atoms with Gasteiger partial charge < -0.3 is 35.2 Å². The number of aliphatic hydroxyl groups is 1. The molecule has 0 amide bonds. The van der Waals surface area contributed by atoms with Crippen LogP contribution in [0.15, 0.2) is 17.1 Å². The van der Waals surface area contributed by atoms with Crippen molar-refractivity contribution in [3.63, 3.8) is 0 Å². The number of aromatic nitrogens is 2. The number of anilines is 1. The van der Waals surface area contributed by atoms with E-state index in [4.69, 9.17) is 31.6 Å². The molecule has 3 unspecified atom stereocenters. The summed E-state index contributed by atoms with van der Waals surface area (Å²) in [5, 5.41) is 10.6. The largest absolute Gasteiger partial charge is 0.490 e. The molecule has 1 aliphatic heterocycles. The molecule has 1 saturated carbocycles. The first-order chi connectivity index (χ1) is 14.0. The Morgan fingerprint density at radius 3 is 2.35 bits per heavy atom. The normalized spacial score (nSPS) is 36.1. The van der Waals surface area contributed by atoms with E-state index in [1.165, 1.54) is 0 Å². The van der Waals surface area contributed by atoms with Crippen molar-refractivity contribution >= 4 is 29.3 Å². The molecule has 20 heteroatoms. The van der Waals surface area contributed by atoms with Gasteiger partial charge in [-0.15, -0.1) is 6.42 Å². The number of phosphoric ester groups is 1. The first kappa shape index (κ1) is 24.1. The van der Waals surface area contributed by atoms with Crippen molar-refractivity contribution < 1.29 is 60.6 Å². The van der Waals surface area contributed by atoms with Crippen molar-refractivity contribution in [3.8, 4) is 12.3 Å². The van der Waals surface area contributed by atoms with Crippen molar-refractivity contribution in [2.75, 3.05) is 5.73 Å². The molecule has 2 heterocycles. The lowest BCUT2D eigenvalue weighted by molar-refractivity contribution is -0.0763. The number of phosphoric acid groups is 3. The fraction of sp³-hybridized carbons (Fsp3) is 0.455. The standard InChI is InChI=1S/C11H13FN3O13P3/c1-2-10-8(26-30(21,22)28-31(23,24)27-29(18,19)20)11(10,17)6(12)7(25-10)15-4-3-5(13)14-9(15)16/h1,3-4,6-8,17H,(H,21,22)(H,23,24)(H2,13,14,16)(H2,18,19,20)/t6-,7+,8?,10+,11+/m0/s1. The van der Waals surface area contributed by atoms with Gasteiger partial charge in [0, 0.05) is 6.20 Å². The first-order valence-electron chi connectivity index (χ1n) is 7.67. The Kier molecular flexibility index (Phi) is 5.65. The topological polar surface area (TPSA) is 250 Å². The lowest BCUT2D eigenvalue weighted by atomic mass is 10.1. The zero-order valence-electron chi connectivity index (χ0n) is 14.7. The number of nitrogens with two attached hydrogens (primary N) is 1. The second kappa shape index (κ2) is 7.26. The maximum Gasteiger partial charge on any atom is 0.490 e. The van der Waals surface area contributed by atoms with Crippen molar-refractivity contribution in [1.82, 2.24) is 9.55 Å². The zero-order chi connectivity index (χ0) is 23.6. The van der Waals surface area contributed by atoms with E-state index < -0.39 is 58.9 Å². The molecule has 0 radical (unpaired) electrons. The molecular weight excluding hydrogens is 494 g/mol. The molecule has 1 aromatic heterocycles. The molecule has 0 aromatic carbocycles. The fourth-order valence-electron chi connectivity index (χ4n) is 3.02. The minimum absolute atomic E-state index is 0.198. The third-order valence-electron chi connectivity index (χ3n) is 4.25. The molecule has 0 bridgehead atoms. The van der Waals surface area contributed by atoms with Crippen LogP contribution in [-0.2, 0) is 31.6 Å². The van der Waals surface area contributed by atoms with Gasteiger partial charge >= 0.3 is 29.2 Å². The van der Waals surface area contributed by atoms with Gasteiger partial charge in [-0.1, -0.05) is 5.92 Å². The Morgan fingerprint density at radius 2 is 1.87 bits per heavy atom. The Hall–Kier alpha value is -1.50. The molecule has 7 N–H and O–H groups in total. The average molecular weight is 507 g/mol. The number of fused-ring (bicyclic) bond motifs is 1. The van der Waals surface area contributed by atoms with Crippen molar-refractivity contribution in [2.24, 2.45) is 0 Å². The minimum atomic E-state index is -5.87. The quantitative estimate of drug-likeness (QED) is 0.182. The van der Waals surface area contributed by atoms with E-state index in [-0.39, 0.29) is 5.82 Å². The first-order valence-corrected chi connectivity index (χ1v) is 12.2. The van der Waals surface area contributed by atoms with Crippen LogP contribution in [0.25, 0.3) is 0 Å². The number of rotatable bonds is 7. The number of terminal acetylenes is 1. The molecule has 2 fully saturated rings. The number of halogens is 1. The molecule has 172 valence electrons. The number of hydrogen-bond acceptors (Lipinski definition) is 11. The highest BCUT2D eigenvalue weighted by molar-refractivity contribution is 7.66. The van der Waals surface area contributed by atoms with Gasteiger partial charge in [0.05, 0.1) is 0 Å². The summed E-state index contributed by atoms with van der Waals surface area (Å²) in [5.74, 6) is 1.62. The van der Waals surface area contributed by atoms with Gasteiger partial charge in [0.25, 0.3) is 0 Å². The molecule has 2 aliphatic rings. The van der Waals surface area contributed by atoms with Crippen molar-refractivity contribution in [1.29, 1.82) is 0 Å². The molecule has 16 nitrogen and oxygen atoms in total. The second-order valence-corrected chi connectivity index (χ2v) is 10.6. The van der Waals surface area contributed by atoms with Gasteiger partial charge in [0.1, 0.15) is 11.9 Å². The number of nitrogens with zero attached hydrogens (tertiary/aromatic N) is 2. The Labute approximate surface area is 170 Å². The zero-order valence-corrected chi connectivity index (χ0v) is 17.3. The maximum absolute atomic E-state index is 15.0. The molecule has 1 aliphatic carbocycles. The highest BCUT2D eigenvalue weighted by Crippen LogP contribution is 2.72. The third kappa shape index (κ3) is 4.14. The molecule has 31 heavy (non-hydrogen) atoms. The predicted octanol–water partition coefficient (Wildman–Crippen LogP) is -1.48. The summed E-state index contributed by atoms with van der Waals surface area (Å²) in [6.45, 7) is 0. The van der Waals surface area contributed by atoms with E-state index in [1.54, 1.807) is 0 Å². The predicted molar refractivity (Wildman–Crippen MR) is 93.2 cm³/mol. The highest BCUT2D eigenvalue weighted by atomic mass is 31.3. The number of alkyl halides is 1. The summed E-state index contributed by atoms with van der Waals surface area (Å²) >= 11 is 0. The molecule has 0 spiro atoms. The molecule has 7 atom stereocenters. The third-order valence-corrected chi connectivity index (χ3v) is 8.06.